The summed E-state index contributed by atoms with van der Waals surface area (Å²) < 4.78 is 8.98. The van der Waals surface area contributed by atoms with Gasteiger partial charge in [0, 0.05) is 43.3 Å². The lowest BCUT2D eigenvalue weighted by Gasteiger charge is -2.24. The van der Waals surface area contributed by atoms with Gasteiger partial charge in [-0.05, 0) is 42.5 Å². The molecule has 0 saturated carbocycles. The van der Waals surface area contributed by atoms with Crippen LogP contribution in [0.5, 0.6) is 5.75 Å². The molecule has 1 aliphatic rings. The van der Waals surface area contributed by atoms with E-state index in [1.165, 1.54) is 0 Å². The first-order valence-corrected chi connectivity index (χ1v) is 16.6. The Bertz CT molecular complexity index is 2630. The molecular formula is C37H22N6OS2. The van der Waals surface area contributed by atoms with Gasteiger partial charge >= 0.3 is 0 Å². The highest BCUT2D eigenvalue weighted by Crippen LogP contribution is 2.53. The highest BCUT2D eigenvalue weighted by molar-refractivity contribution is 7.28. The van der Waals surface area contributed by atoms with Gasteiger partial charge in [-0.2, -0.15) is 20.5 Å². The lowest BCUT2D eigenvalue weighted by atomic mass is 9.89. The van der Waals surface area contributed by atoms with Crippen molar-refractivity contribution in [2.75, 3.05) is 0 Å². The summed E-state index contributed by atoms with van der Waals surface area (Å²) in [6.45, 7) is 0. The maximum atomic E-state index is 6.69. The van der Waals surface area contributed by atoms with Gasteiger partial charge < -0.3 is 4.74 Å². The van der Waals surface area contributed by atoms with E-state index in [1.807, 2.05) is 42.5 Å². The quantitative estimate of drug-likeness (QED) is 0.202. The van der Waals surface area contributed by atoms with E-state index in [0.29, 0.717) is 0 Å². The van der Waals surface area contributed by atoms with E-state index >= 15 is 0 Å². The predicted molar refractivity (Wildman–Crippen MR) is 187 cm³/mol. The maximum absolute atomic E-state index is 6.69. The van der Waals surface area contributed by atoms with E-state index in [1.54, 1.807) is 22.7 Å². The van der Waals surface area contributed by atoms with E-state index in [4.69, 9.17) is 14.8 Å². The maximum Gasteiger partial charge on any atom is 0.143 e. The summed E-state index contributed by atoms with van der Waals surface area (Å²) in [5.74, 6) is 0.862. The zero-order valence-corrected chi connectivity index (χ0v) is 25.7. The van der Waals surface area contributed by atoms with Crippen LogP contribution in [-0.2, 0) is 0 Å². The van der Waals surface area contributed by atoms with Gasteiger partial charge in [-0.25, -0.2) is 4.98 Å². The van der Waals surface area contributed by atoms with Gasteiger partial charge in [0.1, 0.15) is 33.6 Å². The Morgan fingerprint density at radius 2 is 1.57 bits per heavy atom. The number of ether oxygens (including phenoxy) is 1. The SMILES string of the molecule is C1=CC(c2ccc3sc(-c4nc5ccccc5s4)c(-c4cccc5n[nH]nc45)c3c2-c2n[nH]c3ccccc23)Oc2ccccc21. The molecule has 7 nitrogen and oxygen atoms in total. The molecule has 9 aromatic rings. The molecule has 46 heavy (non-hydrogen) atoms. The Balaban J connectivity index is 1.34. The Hall–Kier alpha value is -5.64. The first kappa shape index (κ1) is 25.7. The molecule has 10 rings (SSSR count). The third-order valence-electron chi connectivity index (χ3n) is 8.63. The molecule has 0 bridgehead atoms. The molecule has 0 fully saturated rings. The minimum atomic E-state index is -0.314. The van der Waals surface area contributed by atoms with Crippen molar-refractivity contribution in [3.63, 3.8) is 0 Å². The van der Waals surface area contributed by atoms with Crippen LogP contribution in [0.25, 0.3) is 80.6 Å². The van der Waals surface area contributed by atoms with Gasteiger partial charge in [0.05, 0.1) is 20.6 Å². The molecule has 4 aromatic heterocycles. The number of H-pyrrole nitrogens is 2. The number of hydrogen-bond donors (Lipinski definition) is 2. The Labute approximate surface area is 269 Å². The molecule has 0 saturated heterocycles. The van der Waals surface area contributed by atoms with E-state index in [-0.39, 0.29) is 6.10 Å². The second-order valence-corrected chi connectivity index (χ2v) is 13.3. The number of aromatic amines is 2. The molecule has 9 heteroatoms. The molecule has 2 N–H and O–H groups in total. The van der Waals surface area contributed by atoms with Crippen molar-refractivity contribution in [2.45, 2.75) is 6.10 Å². The van der Waals surface area contributed by atoms with Crippen molar-refractivity contribution in [1.29, 1.82) is 0 Å². The normalized spacial score (nSPS) is 14.4. The van der Waals surface area contributed by atoms with Crippen LogP contribution in [0, 0.1) is 0 Å². The fraction of sp³-hybridized carbons (Fsp3) is 0.0270. The number of fused-ring (bicyclic) bond motifs is 5. The topological polar surface area (TPSA) is 92.4 Å². The number of benzene rings is 5. The van der Waals surface area contributed by atoms with Gasteiger partial charge in [0.15, 0.2) is 0 Å². The van der Waals surface area contributed by atoms with Crippen LogP contribution in [0.3, 0.4) is 0 Å². The van der Waals surface area contributed by atoms with Crippen molar-refractivity contribution in [1.82, 2.24) is 30.6 Å². The fourth-order valence-corrected chi connectivity index (χ4v) is 8.83. The summed E-state index contributed by atoms with van der Waals surface area (Å²) in [7, 11) is 0. The summed E-state index contributed by atoms with van der Waals surface area (Å²) >= 11 is 3.46. The van der Waals surface area contributed by atoms with Crippen molar-refractivity contribution in [3.8, 4) is 38.0 Å². The van der Waals surface area contributed by atoms with Gasteiger partial charge in [-0.15, -0.1) is 22.7 Å². The Morgan fingerprint density at radius 1 is 0.696 bits per heavy atom. The van der Waals surface area contributed by atoms with E-state index < -0.39 is 0 Å². The van der Waals surface area contributed by atoms with Gasteiger partial charge in [-0.1, -0.05) is 72.8 Å². The van der Waals surface area contributed by atoms with Crippen molar-refractivity contribution >= 4 is 71.0 Å². The molecule has 1 aliphatic heterocycles. The number of thiazole rings is 1. The zero-order valence-electron chi connectivity index (χ0n) is 24.1. The van der Waals surface area contributed by atoms with E-state index in [2.05, 4.69) is 93.3 Å². The number of rotatable bonds is 4. The zero-order chi connectivity index (χ0) is 30.2. The molecule has 218 valence electrons. The van der Waals surface area contributed by atoms with Crippen molar-refractivity contribution < 1.29 is 4.74 Å². The molecule has 0 amide bonds. The molecule has 0 aliphatic carbocycles. The third kappa shape index (κ3) is 3.82. The number of nitrogens with zero attached hydrogens (tertiary/aromatic N) is 4. The molecule has 1 unspecified atom stereocenters. The predicted octanol–water partition coefficient (Wildman–Crippen LogP) is 9.81. The Morgan fingerprint density at radius 3 is 2.54 bits per heavy atom. The van der Waals surface area contributed by atoms with Crippen LogP contribution < -0.4 is 4.74 Å². The molecule has 0 spiro atoms. The Kier molecular flexibility index (Phi) is 5.54. The van der Waals surface area contributed by atoms with Crippen LogP contribution in [0.2, 0.25) is 0 Å². The highest BCUT2D eigenvalue weighted by Gasteiger charge is 2.29. The van der Waals surface area contributed by atoms with Gasteiger partial charge in [0.2, 0.25) is 0 Å². The van der Waals surface area contributed by atoms with Gasteiger partial charge in [0.25, 0.3) is 0 Å². The molecule has 1 atom stereocenters. The van der Waals surface area contributed by atoms with Crippen molar-refractivity contribution in [2.24, 2.45) is 0 Å². The van der Waals surface area contributed by atoms with Crippen LogP contribution in [0.1, 0.15) is 17.2 Å². The summed E-state index contributed by atoms with van der Waals surface area (Å²) in [5.41, 5.74) is 9.68. The largest absolute Gasteiger partial charge is 0.481 e. The van der Waals surface area contributed by atoms with Crippen molar-refractivity contribution in [3.05, 3.63) is 120 Å². The highest BCUT2D eigenvalue weighted by atomic mass is 32.1. The number of nitrogens with one attached hydrogen (secondary N) is 2. The molecule has 5 heterocycles. The minimum absolute atomic E-state index is 0.314. The number of hydrogen-bond acceptors (Lipinski definition) is 7. The number of thiophene rings is 1. The van der Waals surface area contributed by atoms with E-state index in [9.17, 15) is 0 Å². The second kappa shape index (κ2) is 9.93. The fourth-order valence-electron chi connectivity index (χ4n) is 6.56. The van der Waals surface area contributed by atoms with Crippen LogP contribution >= 0.6 is 22.7 Å². The number of para-hydroxylation sites is 4. The second-order valence-electron chi connectivity index (χ2n) is 11.2. The first-order chi connectivity index (χ1) is 22.8. The smallest absolute Gasteiger partial charge is 0.143 e. The summed E-state index contributed by atoms with van der Waals surface area (Å²) in [5, 5.41) is 23.3. The number of aromatic nitrogens is 6. The van der Waals surface area contributed by atoms with Crippen LogP contribution in [0.15, 0.2) is 109 Å². The lowest BCUT2D eigenvalue weighted by Crippen LogP contribution is -2.10. The summed E-state index contributed by atoms with van der Waals surface area (Å²) in [6, 6.07) is 35.3. The average molecular weight is 631 g/mol. The minimum Gasteiger partial charge on any atom is -0.481 e. The first-order valence-electron chi connectivity index (χ1n) is 14.9. The molecule has 0 radical (unpaired) electrons. The molecular weight excluding hydrogens is 609 g/mol. The molecule has 5 aromatic carbocycles. The van der Waals surface area contributed by atoms with Crippen LogP contribution in [0.4, 0.5) is 0 Å². The monoisotopic (exact) mass is 630 g/mol. The summed E-state index contributed by atoms with van der Waals surface area (Å²) in [4.78, 5) is 6.23. The lowest BCUT2D eigenvalue weighted by molar-refractivity contribution is 0.252. The standard InChI is InChI=1S/C37H22N6OS2/c1-5-14-27-20(8-1)16-18-28(44-27)22-17-19-30-33(31(22)35-21-9-2-3-11-24(21)39-41-35)32(23-10-7-13-26-34(23)42-43-40-26)36(45-30)37-38-25-12-4-6-15-29(25)46-37/h1-19,28H,(H,39,41)(H,40,42,43). The summed E-state index contributed by atoms with van der Waals surface area (Å²) in [6.07, 6.45) is 3.98. The average Bonchev–Trinajstić information content (AvgIpc) is 3.91. The van der Waals surface area contributed by atoms with Gasteiger partial charge in [-0.3, -0.25) is 5.10 Å². The van der Waals surface area contributed by atoms with E-state index in [0.717, 1.165) is 91.4 Å². The third-order valence-corrected chi connectivity index (χ3v) is 11.0. The van der Waals surface area contributed by atoms with Crippen LogP contribution in [-0.4, -0.2) is 30.6 Å².